The van der Waals surface area contributed by atoms with Crippen LogP contribution in [0.5, 0.6) is 11.5 Å². The van der Waals surface area contributed by atoms with Crippen molar-refractivity contribution in [1.82, 2.24) is 20.8 Å². The van der Waals surface area contributed by atoms with E-state index in [0.717, 1.165) is 55.2 Å². The standard InChI is InChI=1S/C20H27ClN6O2/c1-28-13-3-4-17(29-2)14(9-13)16-10-15(25-26-16)12-5-7-27(8-6-12)19-11-18(21)23-20(22)24-19/h3-4,9,11-12,15-16,25-26H,5-8,10H2,1-2H3,(H2,22,23,24). The molecule has 4 N–H and O–H groups in total. The van der Waals surface area contributed by atoms with E-state index in [9.17, 15) is 0 Å². The number of nitrogens with two attached hydrogens (primary N) is 1. The van der Waals surface area contributed by atoms with Crippen LogP contribution in [0.3, 0.4) is 0 Å². The van der Waals surface area contributed by atoms with Crippen LogP contribution < -0.4 is 31.0 Å². The van der Waals surface area contributed by atoms with E-state index in [0.29, 0.717) is 17.1 Å². The van der Waals surface area contributed by atoms with Crippen LogP contribution in [0.1, 0.15) is 30.9 Å². The number of ether oxygens (including phenoxy) is 2. The zero-order valence-electron chi connectivity index (χ0n) is 16.7. The number of nitrogens with zero attached hydrogens (tertiary/aromatic N) is 3. The van der Waals surface area contributed by atoms with Crippen LogP contribution in [0.25, 0.3) is 0 Å². The highest BCUT2D eigenvalue weighted by molar-refractivity contribution is 6.29. The number of hydrazine groups is 1. The van der Waals surface area contributed by atoms with Gasteiger partial charge < -0.3 is 20.1 Å². The topological polar surface area (TPSA) is 97.6 Å². The fourth-order valence-electron chi connectivity index (χ4n) is 4.32. The largest absolute Gasteiger partial charge is 0.497 e. The first-order chi connectivity index (χ1) is 14.1. The second-order valence-electron chi connectivity index (χ2n) is 7.52. The molecule has 0 aliphatic carbocycles. The Kier molecular flexibility index (Phi) is 5.94. The number of rotatable bonds is 5. The molecule has 2 saturated heterocycles. The highest BCUT2D eigenvalue weighted by atomic mass is 35.5. The quantitative estimate of drug-likeness (QED) is 0.637. The molecule has 9 heteroatoms. The number of piperidine rings is 1. The van der Waals surface area contributed by atoms with Gasteiger partial charge in [-0.2, -0.15) is 4.98 Å². The number of halogens is 1. The molecule has 2 atom stereocenters. The minimum atomic E-state index is 0.184. The average Bonchev–Trinajstić information content (AvgIpc) is 3.23. The first-order valence-electron chi connectivity index (χ1n) is 9.85. The summed E-state index contributed by atoms with van der Waals surface area (Å²) in [6, 6.07) is 8.29. The van der Waals surface area contributed by atoms with Gasteiger partial charge in [0.05, 0.1) is 20.3 Å². The van der Waals surface area contributed by atoms with E-state index >= 15 is 0 Å². The van der Waals surface area contributed by atoms with E-state index in [-0.39, 0.29) is 12.0 Å². The maximum absolute atomic E-state index is 6.03. The number of benzene rings is 1. The second-order valence-corrected chi connectivity index (χ2v) is 7.91. The van der Waals surface area contributed by atoms with Gasteiger partial charge in [-0.15, -0.1) is 0 Å². The Morgan fingerprint density at radius 3 is 2.59 bits per heavy atom. The van der Waals surface area contributed by atoms with Crippen molar-refractivity contribution in [3.05, 3.63) is 35.0 Å². The molecule has 2 fully saturated rings. The lowest BCUT2D eigenvalue weighted by Crippen LogP contribution is -2.43. The van der Waals surface area contributed by atoms with Gasteiger partial charge in [0.25, 0.3) is 0 Å². The van der Waals surface area contributed by atoms with E-state index < -0.39 is 0 Å². The Hall–Kier alpha value is -2.29. The van der Waals surface area contributed by atoms with E-state index in [2.05, 4.69) is 25.7 Å². The molecule has 0 amide bonds. The maximum Gasteiger partial charge on any atom is 0.223 e. The number of anilines is 2. The van der Waals surface area contributed by atoms with Crippen molar-refractivity contribution in [2.75, 3.05) is 37.9 Å². The first kappa shape index (κ1) is 20.0. The summed E-state index contributed by atoms with van der Waals surface area (Å²) in [5.74, 6) is 3.31. The fraction of sp³-hybridized carbons (Fsp3) is 0.500. The molecular formula is C20H27ClN6O2. The number of nitrogens with one attached hydrogen (secondary N) is 2. The van der Waals surface area contributed by atoms with Crippen molar-refractivity contribution in [1.29, 1.82) is 0 Å². The number of hydrogen-bond donors (Lipinski definition) is 3. The van der Waals surface area contributed by atoms with Gasteiger partial charge in [-0.05, 0) is 43.4 Å². The van der Waals surface area contributed by atoms with Crippen molar-refractivity contribution in [2.45, 2.75) is 31.3 Å². The molecule has 2 aliphatic rings. The minimum Gasteiger partial charge on any atom is -0.497 e. The lowest BCUT2D eigenvalue weighted by Gasteiger charge is -2.35. The number of methoxy groups -OCH3 is 2. The van der Waals surface area contributed by atoms with Gasteiger partial charge in [0, 0.05) is 30.8 Å². The second kappa shape index (κ2) is 8.61. The van der Waals surface area contributed by atoms with E-state index in [1.807, 2.05) is 18.2 Å². The van der Waals surface area contributed by atoms with Crippen molar-refractivity contribution in [3.63, 3.8) is 0 Å². The van der Waals surface area contributed by atoms with Crippen LogP contribution in [0, 0.1) is 5.92 Å². The summed E-state index contributed by atoms with van der Waals surface area (Å²) in [4.78, 5) is 10.5. The predicted molar refractivity (Wildman–Crippen MR) is 113 cm³/mol. The lowest BCUT2D eigenvalue weighted by molar-refractivity contribution is 0.310. The van der Waals surface area contributed by atoms with Crippen LogP contribution in [0.2, 0.25) is 5.15 Å². The first-order valence-corrected chi connectivity index (χ1v) is 10.2. The number of aromatic nitrogens is 2. The van der Waals surface area contributed by atoms with Crippen molar-refractivity contribution >= 4 is 23.4 Å². The maximum atomic E-state index is 6.03. The summed E-state index contributed by atoms with van der Waals surface area (Å²) in [7, 11) is 3.38. The van der Waals surface area contributed by atoms with Gasteiger partial charge >= 0.3 is 0 Å². The van der Waals surface area contributed by atoms with Gasteiger partial charge in [-0.25, -0.2) is 10.4 Å². The van der Waals surface area contributed by atoms with Crippen molar-refractivity contribution in [3.8, 4) is 11.5 Å². The van der Waals surface area contributed by atoms with Gasteiger partial charge in [-0.1, -0.05) is 11.6 Å². The van der Waals surface area contributed by atoms with E-state index in [1.165, 1.54) is 0 Å². The molecule has 4 rings (SSSR count). The Morgan fingerprint density at radius 1 is 1.10 bits per heavy atom. The van der Waals surface area contributed by atoms with Crippen molar-refractivity contribution in [2.24, 2.45) is 5.92 Å². The molecule has 1 aromatic heterocycles. The molecule has 0 radical (unpaired) electrons. The number of nitrogen functional groups attached to an aromatic ring is 1. The minimum absolute atomic E-state index is 0.184. The number of hydrogen-bond acceptors (Lipinski definition) is 8. The molecule has 2 unspecified atom stereocenters. The van der Waals surface area contributed by atoms with Gasteiger partial charge in [-0.3, -0.25) is 5.43 Å². The van der Waals surface area contributed by atoms with Crippen LogP contribution >= 0.6 is 11.6 Å². The summed E-state index contributed by atoms with van der Waals surface area (Å²) < 4.78 is 10.9. The van der Waals surface area contributed by atoms with Crippen LogP contribution in [-0.2, 0) is 0 Å². The molecule has 0 saturated carbocycles. The molecule has 0 bridgehead atoms. The molecule has 29 heavy (non-hydrogen) atoms. The summed E-state index contributed by atoms with van der Waals surface area (Å²) in [5, 5.41) is 0.381. The Labute approximate surface area is 175 Å². The van der Waals surface area contributed by atoms with Crippen LogP contribution in [-0.4, -0.2) is 43.3 Å². The van der Waals surface area contributed by atoms with Gasteiger partial charge in [0.2, 0.25) is 5.95 Å². The predicted octanol–water partition coefficient (Wildman–Crippen LogP) is 2.55. The molecule has 8 nitrogen and oxygen atoms in total. The lowest BCUT2D eigenvalue weighted by atomic mass is 9.86. The zero-order valence-corrected chi connectivity index (χ0v) is 17.4. The SMILES string of the molecule is COc1ccc(OC)c(C2CC(C3CCN(c4cc(Cl)nc(N)n4)CC3)NN2)c1. The Balaban J connectivity index is 1.38. The normalized spacial score (nSPS) is 22.7. The zero-order chi connectivity index (χ0) is 20.4. The van der Waals surface area contributed by atoms with Crippen LogP contribution in [0.15, 0.2) is 24.3 Å². The molecule has 3 heterocycles. The summed E-state index contributed by atoms with van der Waals surface area (Å²) in [5.41, 5.74) is 13.8. The third-order valence-electron chi connectivity index (χ3n) is 5.88. The molecule has 2 aromatic rings. The van der Waals surface area contributed by atoms with Crippen LogP contribution in [0.4, 0.5) is 11.8 Å². The Bertz CT molecular complexity index is 839. The monoisotopic (exact) mass is 418 g/mol. The summed E-state index contributed by atoms with van der Waals surface area (Å²) in [6.07, 6.45) is 3.14. The molecule has 0 spiro atoms. The molecule has 2 aliphatic heterocycles. The summed E-state index contributed by atoms with van der Waals surface area (Å²) >= 11 is 6.03. The van der Waals surface area contributed by atoms with Crippen molar-refractivity contribution < 1.29 is 9.47 Å². The smallest absolute Gasteiger partial charge is 0.223 e. The van der Waals surface area contributed by atoms with E-state index in [1.54, 1.807) is 20.3 Å². The third kappa shape index (κ3) is 4.34. The molecular weight excluding hydrogens is 392 g/mol. The Morgan fingerprint density at radius 2 is 1.90 bits per heavy atom. The van der Waals surface area contributed by atoms with Gasteiger partial charge in [0.15, 0.2) is 0 Å². The summed E-state index contributed by atoms with van der Waals surface area (Å²) in [6.45, 7) is 1.84. The average molecular weight is 419 g/mol. The highest BCUT2D eigenvalue weighted by Gasteiger charge is 2.34. The fourth-order valence-corrected chi connectivity index (χ4v) is 4.51. The third-order valence-corrected chi connectivity index (χ3v) is 6.07. The highest BCUT2D eigenvalue weighted by Crippen LogP contribution is 2.36. The molecule has 156 valence electrons. The van der Waals surface area contributed by atoms with E-state index in [4.69, 9.17) is 26.8 Å². The molecule has 1 aromatic carbocycles. The van der Waals surface area contributed by atoms with Gasteiger partial charge in [0.1, 0.15) is 22.5 Å².